The van der Waals surface area contributed by atoms with Gasteiger partial charge in [-0.3, -0.25) is 4.79 Å². The Morgan fingerprint density at radius 1 is 1.24 bits per heavy atom. The van der Waals surface area contributed by atoms with Crippen molar-refractivity contribution in [1.29, 1.82) is 0 Å². The molecule has 0 fully saturated rings. The summed E-state index contributed by atoms with van der Waals surface area (Å²) in [7, 11) is 0. The van der Waals surface area contributed by atoms with Gasteiger partial charge in [-0.15, -0.1) is 0 Å². The van der Waals surface area contributed by atoms with Crippen molar-refractivity contribution in [2.45, 2.75) is 26.2 Å². The lowest BCUT2D eigenvalue weighted by Gasteiger charge is -2.38. The Morgan fingerprint density at radius 3 is 2.53 bits per heavy atom. The van der Waals surface area contributed by atoms with E-state index >= 15 is 0 Å². The van der Waals surface area contributed by atoms with E-state index in [0.29, 0.717) is 19.6 Å². The molecule has 1 aromatic rings. The number of carbonyl (C=O) groups excluding carboxylic acids is 1. The topological polar surface area (TPSA) is 47.6 Å². The van der Waals surface area contributed by atoms with Gasteiger partial charge < -0.3 is 14.8 Å². The molecule has 0 aromatic heterocycles. The summed E-state index contributed by atoms with van der Waals surface area (Å²) >= 11 is 0. The van der Waals surface area contributed by atoms with E-state index in [2.05, 4.69) is 5.32 Å². The number of hydrogen-bond donors (Lipinski definition) is 1. The van der Waals surface area contributed by atoms with Crippen LogP contribution in [0.1, 0.15) is 25.0 Å². The Balaban J connectivity index is 2.47. The van der Waals surface area contributed by atoms with Crippen molar-refractivity contribution in [1.82, 2.24) is 5.32 Å². The molecule has 1 aliphatic heterocycles. The van der Waals surface area contributed by atoms with Gasteiger partial charge in [-0.05, 0) is 19.4 Å². The van der Waals surface area contributed by atoms with Crippen molar-refractivity contribution >= 4 is 5.91 Å². The summed E-state index contributed by atoms with van der Waals surface area (Å²) < 4.78 is 11.3. The van der Waals surface area contributed by atoms with Crippen LogP contribution in [0.3, 0.4) is 0 Å². The Bertz CT molecular complexity index is 411. The molecule has 1 N–H and O–H groups in total. The molecule has 0 spiro atoms. The summed E-state index contributed by atoms with van der Waals surface area (Å²) in [5.41, 5.74) is 1.85. The number of amides is 1. The first-order chi connectivity index (χ1) is 8.22. The second-order valence-electron chi connectivity index (χ2n) is 3.86. The number of carbonyl (C=O) groups is 1. The van der Waals surface area contributed by atoms with Gasteiger partial charge in [0.15, 0.2) is 0 Å². The minimum Gasteiger partial charge on any atom is -0.329 e. The van der Waals surface area contributed by atoms with E-state index < -0.39 is 5.91 Å². The maximum atomic E-state index is 11.7. The molecule has 0 saturated carbocycles. The fourth-order valence-corrected chi connectivity index (χ4v) is 2.14. The van der Waals surface area contributed by atoms with E-state index in [1.807, 2.05) is 38.1 Å². The first kappa shape index (κ1) is 12.1. The molecule has 4 heteroatoms. The molecule has 0 atom stereocenters. The van der Waals surface area contributed by atoms with Gasteiger partial charge in [-0.25, -0.2) is 0 Å². The fourth-order valence-electron chi connectivity index (χ4n) is 2.14. The predicted molar refractivity (Wildman–Crippen MR) is 63.2 cm³/mol. The lowest BCUT2D eigenvalue weighted by atomic mass is 9.97. The number of ether oxygens (including phenoxy) is 2. The van der Waals surface area contributed by atoms with Gasteiger partial charge in [0, 0.05) is 18.8 Å². The molecule has 0 bridgehead atoms. The van der Waals surface area contributed by atoms with Gasteiger partial charge in [0.1, 0.15) is 0 Å². The van der Waals surface area contributed by atoms with Gasteiger partial charge in [0.2, 0.25) is 5.91 Å². The van der Waals surface area contributed by atoms with Crippen LogP contribution < -0.4 is 5.32 Å². The summed E-state index contributed by atoms with van der Waals surface area (Å²) in [4.78, 5) is 11.7. The van der Waals surface area contributed by atoms with Crippen molar-refractivity contribution in [3.8, 4) is 0 Å². The average molecular weight is 235 g/mol. The summed E-state index contributed by atoms with van der Waals surface area (Å²) in [6.45, 7) is 4.69. The summed E-state index contributed by atoms with van der Waals surface area (Å²) in [5.74, 6) is -1.19. The average Bonchev–Trinajstić information content (AvgIpc) is 2.29. The van der Waals surface area contributed by atoms with Crippen LogP contribution in [-0.2, 0) is 26.6 Å². The van der Waals surface area contributed by atoms with Crippen LogP contribution in [0.25, 0.3) is 0 Å². The number of hydrogen-bond acceptors (Lipinski definition) is 3. The minimum atomic E-state index is -1.12. The molecule has 0 unspecified atom stereocenters. The Kier molecular flexibility index (Phi) is 3.45. The highest BCUT2D eigenvalue weighted by atomic mass is 16.7. The molecule has 1 amide bonds. The van der Waals surface area contributed by atoms with Crippen molar-refractivity contribution in [2.24, 2.45) is 0 Å². The first-order valence-corrected chi connectivity index (χ1v) is 5.89. The Labute approximate surface area is 101 Å². The zero-order valence-electron chi connectivity index (χ0n) is 10.2. The number of nitrogens with one attached hydrogen (secondary N) is 1. The smallest absolute Gasteiger partial charge is 0.280 e. The monoisotopic (exact) mass is 235 g/mol. The number of fused-ring (bicyclic) bond motifs is 1. The number of rotatable bonds is 4. The van der Waals surface area contributed by atoms with E-state index in [4.69, 9.17) is 9.47 Å². The van der Waals surface area contributed by atoms with Crippen molar-refractivity contribution in [3.63, 3.8) is 0 Å². The third kappa shape index (κ3) is 2.18. The molecule has 1 heterocycles. The van der Waals surface area contributed by atoms with Crippen LogP contribution in [0.15, 0.2) is 24.3 Å². The highest BCUT2D eigenvalue weighted by Gasteiger charge is 2.41. The molecule has 4 nitrogen and oxygen atoms in total. The molecule has 1 aromatic carbocycles. The normalized spacial score (nSPS) is 17.4. The van der Waals surface area contributed by atoms with E-state index in [1.54, 1.807) is 0 Å². The maximum absolute atomic E-state index is 11.7. The van der Waals surface area contributed by atoms with E-state index in [0.717, 1.165) is 11.1 Å². The molecule has 1 aliphatic rings. The number of benzene rings is 1. The minimum absolute atomic E-state index is 0.0781. The summed E-state index contributed by atoms with van der Waals surface area (Å²) in [5, 5.41) is 2.80. The maximum Gasteiger partial charge on any atom is 0.280 e. The fraction of sp³-hybridized carbons (Fsp3) is 0.462. The third-order valence-electron chi connectivity index (χ3n) is 2.72. The highest BCUT2D eigenvalue weighted by Crippen LogP contribution is 2.31. The van der Waals surface area contributed by atoms with Crippen LogP contribution >= 0.6 is 0 Å². The lowest BCUT2D eigenvalue weighted by molar-refractivity contribution is -0.262. The van der Waals surface area contributed by atoms with Crippen molar-refractivity contribution < 1.29 is 14.3 Å². The first-order valence-electron chi connectivity index (χ1n) is 5.89. The zero-order valence-corrected chi connectivity index (χ0v) is 10.2. The van der Waals surface area contributed by atoms with Crippen LogP contribution in [-0.4, -0.2) is 19.1 Å². The summed E-state index contributed by atoms with van der Waals surface area (Å²) in [6, 6.07) is 7.70. The van der Waals surface area contributed by atoms with Gasteiger partial charge in [-0.1, -0.05) is 24.3 Å². The second kappa shape index (κ2) is 4.85. The third-order valence-corrected chi connectivity index (χ3v) is 2.72. The zero-order chi connectivity index (χ0) is 12.3. The van der Waals surface area contributed by atoms with Gasteiger partial charge in [0.25, 0.3) is 5.91 Å². The highest BCUT2D eigenvalue weighted by molar-refractivity contribution is 5.81. The van der Waals surface area contributed by atoms with Gasteiger partial charge >= 0.3 is 0 Å². The summed E-state index contributed by atoms with van der Waals surface area (Å²) in [6.07, 6.45) is 0.373. The van der Waals surface area contributed by atoms with E-state index in [1.165, 1.54) is 0 Å². The van der Waals surface area contributed by atoms with Gasteiger partial charge in [-0.2, -0.15) is 0 Å². The van der Waals surface area contributed by atoms with Crippen molar-refractivity contribution in [2.75, 3.05) is 13.2 Å². The van der Waals surface area contributed by atoms with E-state index in [9.17, 15) is 4.79 Å². The second-order valence-corrected chi connectivity index (χ2v) is 3.86. The van der Waals surface area contributed by atoms with Gasteiger partial charge in [0.05, 0.1) is 6.42 Å². The predicted octanol–water partition coefficient (Wildman–Crippen LogP) is 1.54. The molecular weight excluding hydrogens is 218 g/mol. The largest absolute Gasteiger partial charge is 0.329 e. The standard InChI is InChI=1S/C13H17NO3/c1-3-16-13(17-4-2)11-8-6-5-7-10(11)9-12(15)14-13/h5-8H,3-4,9H2,1-2H3,(H,14,15). The molecule has 2 rings (SSSR count). The molecule has 17 heavy (non-hydrogen) atoms. The molecule has 0 radical (unpaired) electrons. The van der Waals surface area contributed by atoms with Crippen LogP contribution in [0.4, 0.5) is 0 Å². The van der Waals surface area contributed by atoms with Crippen LogP contribution in [0, 0.1) is 0 Å². The van der Waals surface area contributed by atoms with Crippen molar-refractivity contribution in [3.05, 3.63) is 35.4 Å². The Hall–Kier alpha value is -1.39. The molecule has 0 aliphatic carbocycles. The molecule has 0 saturated heterocycles. The quantitative estimate of drug-likeness (QED) is 0.805. The lowest BCUT2D eigenvalue weighted by Crippen LogP contribution is -2.54. The molecular formula is C13H17NO3. The molecule has 92 valence electrons. The van der Waals surface area contributed by atoms with Crippen LogP contribution in [0.5, 0.6) is 0 Å². The van der Waals surface area contributed by atoms with E-state index in [-0.39, 0.29) is 5.91 Å². The SMILES string of the molecule is CCOC1(OCC)NC(=O)Cc2ccccc21. The van der Waals surface area contributed by atoms with Crippen LogP contribution in [0.2, 0.25) is 0 Å². The Morgan fingerprint density at radius 2 is 1.88 bits per heavy atom.